The van der Waals surface area contributed by atoms with Crippen LogP contribution in [0.15, 0.2) is 42.7 Å². The van der Waals surface area contributed by atoms with Crippen LogP contribution in [0.1, 0.15) is 5.56 Å². The molecule has 3 aromatic rings. The summed E-state index contributed by atoms with van der Waals surface area (Å²) in [7, 11) is 0. The number of tetrazole rings is 1. The molecule has 0 fully saturated rings. The van der Waals surface area contributed by atoms with Gasteiger partial charge in [0.1, 0.15) is 31.9 Å². The summed E-state index contributed by atoms with van der Waals surface area (Å²) in [6.07, 6.45) is 1.53. The molecule has 2 aromatic carbocycles. The molecule has 4 rings (SSSR count). The van der Waals surface area contributed by atoms with Crippen molar-refractivity contribution in [1.82, 2.24) is 20.2 Å². The minimum Gasteiger partial charge on any atom is -0.489 e. The SMILES string of the molecule is Clc1cc(COc2cccc(-n3cnnn3)c2)cc2c1OCCO2. The first-order valence-electron chi connectivity index (χ1n) is 7.34. The molecule has 0 aliphatic carbocycles. The second kappa shape index (κ2) is 6.37. The third-order valence-corrected chi connectivity index (χ3v) is 3.77. The number of benzene rings is 2. The van der Waals surface area contributed by atoms with Crippen molar-refractivity contribution in [3.63, 3.8) is 0 Å². The zero-order valence-electron chi connectivity index (χ0n) is 12.6. The van der Waals surface area contributed by atoms with Crippen LogP contribution >= 0.6 is 11.6 Å². The minimum atomic E-state index is 0.357. The second-order valence-corrected chi connectivity index (χ2v) is 5.55. The van der Waals surface area contributed by atoms with Crippen molar-refractivity contribution in [3.8, 4) is 22.9 Å². The first kappa shape index (κ1) is 14.8. The third-order valence-electron chi connectivity index (χ3n) is 3.49. The molecule has 1 aliphatic rings. The Hall–Kier alpha value is -2.80. The summed E-state index contributed by atoms with van der Waals surface area (Å²) >= 11 is 6.24. The van der Waals surface area contributed by atoms with Gasteiger partial charge in [0.2, 0.25) is 0 Å². The monoisotopic (exact) mass is 344 g/mol. The molecule has 0 N–H and O–H groups in total. The number of halogens is 1. The van der Waals surface area contributed by atoms with Gasteiger partial charge < -0.3 is 14.2 Å². The summed E-state index contributed by atoms with van der Waals surface area (Å²) in [6, 6.07) is 11.2. The minimum absolute atomic E-state index is 0.357. The highest BCUT2D eigenvalue weighted by molar-refractivity contribution is 6.32. The maximum absolute atomic E-state index is 6.24. The standard InChI is InChI=1S/C16H13ClN4O3/c17-14-6-11(7-15-16(14)23-5-4-22-15)9-24-13-3-1-2-12(8-13)21-10-18-19-20-21/h1-3,6-8,10H,4-5,9H2. The normalized spacial score (nSPS) is 12.9. The van der Waals surface area contributed by atoms with E-state index in [9.17, 15) is 0 Å². The number of nitrogens with zero attached hydrogens (tertiary/aromatic N) is 4. The maximum Gasteiger partial charge on any atom is 0.179 e. The fourth-order valence-electron chi connectivity index (χ4n) is 2.41. The van der Waals surface area contributed by atoms with Crippen LogP contribution in [-0.4, -0.2) is 33.4 Å². The Morgan fingerprint density at radius 3 is 2.96 bits per heavy atom. The average molecular weight is 345 g/mol. The number of aromatic nitrogens is 4. The van der Waals surface area contributed by atoms with Gasteiger partial charge in [-0.25, -0.2) is 4.68 Å². The van der Waals surface area contributed by atoms with E-state index >= 15 is 0 Å². The molecule has 1 aromatic heterocycles. The van der Waals surface area contributed by atoms with Crippen LogP contribution < -0.4 is 14.2 Å². The van der Waals surface area contributed by atoms with E-state index in [0.29, 0.717) is 42.1 Å². The van der Waals surface area contributed by atoms with Crippen LogP contribution in [0.4, 0.5) is 0 Å². The predicted molar refractivity (Wildman–Crippen MR) is 85.9 cm³/mol. The highest BCUT2D eigenvalue weighted by atomic mass is 35.5. The van der Waals surface area contributed by atoms with Crippen molar-refractivity contribution in [2.75, 3.05) is 13.2 Å². The van der Waals surface area contributed by atoms with E-state index in [-0.39, 0.29) is 0 Å². The molecule has 2 heterocycles. The number of rotatable bonds is 4. The van der Waals surface area contributed by atoms with Crippen molar-refractivity contribution in [3.05, 3.63) is 53.3 Å². The molecule has 122 valence electrons. The lowest BCUT2D eigenvalue weighted by Gasteiger charge is -2.20. The lowest BCUT2D eigenvalue weighted by molar-refractivity contribution is 0.171. The summed E-state index contributed by atoms with van der Waals surface area (Å²) in [5.74, 6) is 1.94. The van der Waals surface area contributed by atoms with E-state index in [0.717, 1.165) is 11.3 Å². The second-order valence-electron chi connectivity index (χ2n) is 5.14. The fraction of sp³-hybridized carbons (Fsp3) is 0.188. The molecule has 0 spiro atoms. The molecule has 0 bridgehead atoms. The summed E-state index contributed by atoms with van der Waals surface area (Å²) < 4.78 is 18.5. The average Bonchev–Trinajstić information content (AvgIpc) is 3.15. The maximum atomic E-state index is 6.24. The van der Waals surface area contributed by atoms with E-state index in [1.165, 1.54) is 6.33 Å². The van der Waals surface area contributed by atoms with Gasteiger partial charge in [0.25, 0.3) is 0 Å². The van der Waals surface area contributed by atoms with Gasteiger partial charge >= 0.3 is 0 Å². The molecular formula is C16H13ClN4O3. The summed E-state index contributed by atoms with van der Waals surface area (Å²) in [5.41, 5.74) is 1.72. The molecule has 0 radical (unpaired) electrons. The Bertz CT molecular complexity index is 855. The Morgan fingerprint density at radius 2 is 2.08 bits per heavy atom. The fourth-order valence-corrected chi connectivity index (χ4v) is 2.70. The smallest absolute Gasteiger partial charge is 0.179 e. The van der Waals surface area contributed by atoms with Crippen molar-refractivity contribution >= 4 is 11.6 Å². The molecule has 8 heteroatoms. The van der Waals surface area contributed by atoms with E-state index < -0.39 is 0 Å². The van der Waals surface area contributed by atoms with E-state index in [4.69, 9.17) is 25.8 Å². The number of hydrogen-bond donors (Lipinski definition) is 0. The van der Waals surface area contributed by atoms with Crippen molar-refractivity contribution < 1.29 is 14.2 Å². The quantitative estimate of drug-likeness (QED) is 0.724. The van der Waals surface area contributed by atoms with Gasteiger partial charge in [-0.15, -0.1) is 5.10 Å². The van der Waals surface area contributed by atoms with Gasteiger partial charge in [-0.1, -0.05) is 17.7 Å². The van der Waals surface area contributed by atoms with Crippen molar-refractivity contribution in [2.45, 2.75) is 6.61 Å². The topological polar surface area (TPSA) is 71.3 Å². The lowest BCUT2D eigenvalue weighted by atomic mass is 10.2. The number of fused-ring (bicyclic) bond motifs is 1. The molecular weight excluding hydrogens is 332 g/mol. The van der Waals surface area contributed by atoms with E-state index in [1.807, 2.05) is 36.4 Å². The lowest BCUT2D eigenvalue weighted by Crippen LogP contribution is -2.16. The summed E-state index contributed by atoms with van der Waals surface area (Å²) in [6.45, 7) is 1.38. The Kier molecular flexibility index (Phi) is 3.92. The molecule has 1 aliphatic heterocycles. The Labute approximate surface area is 142 Å². The summed E-state index contributed by atoms with van der Waals surface area (Å²) in [5, 5.41) is 11.6. The Balaban J connectivity index is 1.51. The van der Waals surface area contributed by atoms with Gasteiger partial charge in [0, 0.05) is 6.07 Å². The van der Waals surface area contributed by atoms with Crippen molar-refractivity contribution in [1.29, 1.82) is 0 Å². The predicted octanol–water partition coefficient (Wildman–Crippen LogP) is 2.67. The zero-order chi connectivity index (χ0) is 16.4. The van der Waals surface area contributed by atoms with Gasteiger partial charge in [-0.05, 0) is 40.3 Å². The first-order chi connectivity index (χ1) is 11.8. The van der Waals surface area contributed by atoms with Crippen molar-refractivity contribution in [2.24, 2.45) is 0 Å². The molecule has 7 nitrogen and oxygen atoms in total. The van der Waals surface area contributed by atoms with Crippen LogP contribution in [0, 0.1) is 0 Å². The highest BCUT2D eigenvalue weighted by Gasteiger charge is 2.16. The van der Waals surface area contributed by atoms with Crippen LogP contribution in [-0.2, 0) is 6.61 Å². The number of hydrogen-bond acceptors (Lipinski definition) is 6. The third kappa shape index (κ3) is 2.98. The summed E-state index contributed by atoms with van der Waals surface area (Å²) in [4.78, 5) is 0. The van der Waals surface area contributed by atoms with E-state index in [2.05, 4.69) is 15.5 Å². The highest BCUT2D eigenvalue weighted by Crippen LogP contribution is 2.38. The first-order valence-corrected chi connectivity index (χ1v) is 7.71. The molecule has 0 atom stereocenters. The zero-order valence-corrected chi connectivity index (χ0v) is 13.3. The van der Waals surface area contributed by atoms with Gasteiger partial charge in [-0.2, -0.15) is 0 Å². The molecule has 0 amide bonds. The van der Waals surface area contributed by atoms with Crippen LogP contribution in [0.3, 0.4) is 0 Å². The van der Waals surface area contributed by atoms with Gasteiger partial charge in [-0.3, -0.25) is 0 Å². The molecule has 24 heavy (non-hydrogen) atoms. The molecule has 0 saturated carbocycles. The molecule has 0 unspecified atom stereocenters. The van der Waals surface area contributed by atoms with Gasteiger partial charge in [0.15, 0.2) is 11.5 Å². The van der Waals surface area contributed by atoms with Gasteiger partial charge in [0.05, 0.1) is 10.7 Å². The number of ether oxygens (including phenoxy) is 3. The molecule has 0 saturated heterocycles. The van der Waals surface area contributed by atoms with Crippen LogP contribution in [0.25, 0.3) is 5.69 Å². The Morgan fingerprint density at radius 1 is 1.17 bits per heavy atom. The largest absolute Gasteiger partial charge is 0.489 e. The van der Waals surface area contributed by atoms with E-state index in [1.54, 1.807) is 4.68 Å². The van der Waals surface area contributed by atoms with Crippen LogP contribution in [0.5, 0.6) is 17.2 Å². The van der Waals surface area contributed by atoms with Crippen LogP contribution in [0.2, 0.25) is 5.02 Å².